The van der Waals surface area contributed by atoms with Crippen molar-refractivity contribution in [3.63, 3.8) is 0 Å². The molecule has 0 spiro atoms. The van der Waals surface area contributed by atoms with Gasteiger partial charge in [0.2, 0.25) is 0 Å². The number of carbonyl (C=O) groups is 3. The van der Waals surface area contributed by atoms with Crippen molar-refractivity contribution in [3.8, 4) is 0 Å². The average molecular weight is 435 g/mol. The quantitative estimate of drug-likeness (QED) is 0.532. The first-order valence-corrected chi connectivity index (χ1v) is 10.7. The number of hydrogen-bond acceptors (Lipinski definition) is 5. The zero-order valence-corrected chi connectivity index (χ0v) is 17.1. The SMILES string of the molecule is Cc1cccc(NC(=O)c2ccccc2NS(=O)(=O)c2ccc3c(c2)C(=O)NC3=O)c1. The minimum absolute atomic E-state index is 0.0154. The summed E-state index contributed by atoms with van der Waals surface area (Å²) in [4.78, 5) is 36.1. The normalized spacial score (nSPS) is 12.8. The lowest BCUT2D eigenvalue weighted by Gasteiger charge is -2.13. The van der Waals surface area contributed by atoms with Crippen molar-refractivity contribution in [1.29, 1.82) is 0 Å². The van der Waals surface area contributed by atoms with Gasteiger partial charge in [-0.2, -0.15) is 0 Å². The molecule has 156 valence electrons. The van der Waals surface area contributed by atoms with E-state index < -0.39 is 27.7 Å². The molecule has 1 heterocycles. The van der Waals surface area contributed by atoms with Crippen LogP contribution in [0.1, 0.15) is 36.6 Å². The maximum atomic E-state index is 12.9. The van der Waals surface area contributed by atoms with Crippen molar-refractivity contribution in [2.45, 2.75) is 11.8 Å². The summed E-state index contributed by atoms with van der Waals surface area (Å²) >= 11 is 0. The highest BCUT2D eigenvalue weighted by molar-refractivity contribution is 7.92. The first-order valence-electron chi connectivity index (χ1n) is 9.24. The van der Waals surface area contributed by atoms with Crippen LogP contribution in [0, 0.1) is 6.92 Å². The largest absolute Gasteiger partial charge is 0.322 e. The lowest BCUT2D eigenvalue weighted by Crippen LogP contribution is -2.20. The number of rotatable bonds is 5. The molecule has 1 aliphatic heterocycles. The Morgan fingerprint density at radius 2 is 1.61 bits per heavy atom. The smallest absolute Gasteiger partial charge is 0.261 e. The van der Waals surface area contributed by atoms with Gasteiger partial charge >= 0.3 is 0 Å². The van der Waals surface area contributed by atoms with E-state index in [-0.39, 0.29) is 27.3 Å². The third-order valence-corrected chi connectivity index (χ3v) is 6.07. The molecule has 4 rings (SSSR count). The number of aryl methyl sites for hydroxylation is 1. The third kappa shape index (κ3) is 4.03. The van der Waals surface area contributed by atoms with Crippen LogP contribution in [0.4, 0.5) is 11.4 Å². The topological polar surface area (TPSA) is 121 Å². The average Bonchev–Trinajstić information content (AvgIpc) is 3.01. The number of anilines is 2. The van der Waals surface area contributed by atoms with Crippen LogP contribution in [0.3, 0.4) is 0 Å². The van der Waals surface area contributed by atoms with E-state index in [0.29, 0.717) is 5.69 Å². The van der Waals surface area contributed by atoms with Crippen molar-refractivity contribution in [2.24, 2.45) is 0 Å². The molecule has 0 unspecified atom stereocenters. The Hall–Kier alpha value is -3.98. The molecule has 1 aliphatic rings. The van der Waals surface area contributed by atoms with Gasteiger partial charge in [-0.25, -0.2) is 8.42 Å². The molecule has 0 saturated carbocycles. The van der Waals surface area contributed by atoms with Gasteiger partial charge in [0.1, 0.15) is 0 Å². The Morgan fingerprint density at radius 3 is 2.39 bits per heavy atom. The maximum Gasteiger partial charge on any atom is 0.261 e. The van der Waals surface area contributed by atoms with E-state index in [1.807, 2.05) is 13.0 Å². The fourth-order valence-corrected chi connectivity index (χ4v) is 4.31. The van der Waals surface area contributed by atoms with E-state index in [1.165, 1.54) is 24.3 Å². The summed E-state index contributed by atoms with van der Waals surface area (Å²) in [5.74, 6) is -1.71. The van der Waals surface area contributed by atoms with Gasteiger partial charge in [-0.05, 0) is 55.0 Å². The zero-order chi connectivity index (χ0) is 22.2. The molecule has 3 aromatic carbocycles. The van der Waals surface area contributed by atoms with Crippen molar-refractivity contribution < 1.29 is 22.8 Å². The first kappa shape index (κ1) is 20.3. The van der Waals surface area contributed by atoms with E-state index in [9.17, 15) is 22.8 Å². The summed E-state index contributed by atoms with van der Waals surface area (Å²) in [6, 6.07) is 17.0. The monoisotopic (exact) mass is 435 g/mol. The number of benzene rings is 3. The summed E-state index contributed by atoms with van der Waals surface area (Å²) in [6.45, 7) is 1.89. The summed E-state index contributed by atoms with van der Waals surface area (Å²) in [5, 5.41) is 4.86. The number of nitrogens with one attached hydrogen (secondary N) is 3. The second-order valence-electron chi connectivity index (χ2n) is 6.97. The van der Waals surface area contributed by atoms with Crippen LogP contribution in [0.15, 0.2) is 71.6 Å². The van der Waals surface area contributed by atoms with Gasteiger partial charge in [-0.3, -0.25) is 24.4 Å². The van der Waals surface area contributed by atoms with Crippen LogP contribution >= 0.6 is 0 Å². The molecule has 3 aromatic rings. The van der Waals surface area contributed by atoms with Gasteiger partial charge in [0.15, 0.2) is 0 Å². The second kappa shape index (κ2) is 7.69. The molecule has 3 N–H and O–H groups in total. The van der Waals surface area contributed by atoms with Crippen LogP contribution in [-0.2, 0) is 10.0 Å². The number of para-hydroxylation sites is 1. The Balaban J connectivity index is 1.63. The molecule has 9 heteroatoms. The van der Waals surface area contributed by atoms with E-state index in [2.05, 4.69) is 15.4 Å². The van der Waals surface area contributed by atoms with Gasteiger partial charge < -0.3 is 5.32 Å². The summed E-state index contributed by atoms with van der Waals surface area (Å²) in [6.07, 6.45) is 0. The molecule has 0 radical (unpaired) electrons. The number of fused-ring (bicyclic) bond motifs is 1. The Bertz CT molecular complexity index is 1350. The summed E-state index contributed by atoms with van der Waals surface area (Å²) < 4.78 is 28.2. The second-order valence-corrected chi connectivity index (χ2v) is 8.65. The lowest BCUT2D eigenvalue weighted by atomic mass is 10.1. The minimum atomic E-state index is -4.13. The highest BCUT2D eigenvalue weighted by Crippen LogP contribution is 2.24. The number of imide groups is 1. The van der Waals surface area contributed by atoms with Crippen LogP contribution in [0.5, 0.6) is 0 Å². The van der Waals surface area contributed by atoms with Gasteiger partial charge in [0.25, 0.3) is 27.7 Å². The van der Waals surface area contributed by atoms with E-state index in [4.69, 9.17) is 0 Å². The van der Waals surface area contributed by atoms with Crippen LogP contribution in [0.2, 0.25) is 0 Å². The highest BCUT2D eigenvalue weighted by Gasteiger charge is 2.29. The molecule has 3 amide bonds. The maximum absolute atomic E-state index is 12.9. The summed E-state index contributed by atoms with van der Waals surface area (Å²) in [7, 11) is -4.13. The molecule has 0 bridgehead atoms. The molecule has 0 aliphatic carbocycles. The van der Waals surface area contributed by atoms with Crippen LogP contribution < -0.4 is 15.4 Å². The van der Waals surface area contributed by atoms with Gasteiger partial charge in [0.05, 0.1) is 27.3 Å². The Kier molecular flexibility index (Phi) is 5.04. The van der Waals surface area contributed by atoms with E-state index in [0.717, 1.165) is 11.6 Å². The van der Waals surface area contributed by atoms with Gasteiger partial charge in [-0.15, -0.1) is 0 Å². The summed E-state index contributed by atoms with van der Waals surface area (Å²) in [5.41, 5.74) is 1.85. The number of amides is 3. The standard InChI is InChI=1S/C22H17N3O5S/c1-13-5-4-6-14(11-13)23-21(27)17-7-2-3-8-19(17)25-31(29,30)15-9-10-16-18(12-15)22(28)24-20(16)26/h2-12,25H,1H3,(H,23,27)(H,24,26,28). The molecule has 0 atom stereocenters. The number of hydrogen-bond donors (Lipinski definition) is 3. The van der Waals surface area contributed by atoms with Crippen molar-refractivity contribution in [1.82, 2.24) is 5.32 Å². The lowest BCUT2D eigenvalue weighted by molar-refractivity contribution is 0.0878. The Labute approximate surface area is 178 Å². The predicted molar refractivity (Wildman–Crippen MR) is 115 cm³/mol. The molecule has 0 aromatic heterocycles. The molecule has 0 saturated heterocycles. The number of sulfonamides is 1. The fraction of sp³-hybridized carbons (Fsp3) is 0.0455. The van der Waals surface area contributed by atoms with Gasteiger partial charge in [-0.1, -0.05) is 24.3 Å². The third-order valence-electron chi connectivity index (χ3n) is 4.71. The van der Waals surface area contributed by atoms with E-state index >= 15 is 0 Å². The van der Waals surface area contributed by atoms with E-state index in [1.54, 1.807) is 30.3 Å². The molecular weight excluding hydrogens is 418 g/mol. The number of carbonyl (C=O) groups excluding carboxylic acids is 3. The first-order chi connectivity index (χ1) is 14.7. The molecular formula is C22H17N3O5S. The Morgan fingerprint density at radius 1 is 0.871 bits per heavy atom. The minimum Gasteiger partial charge on any atom is -0.322 e. The highest BCUT2D eigenvalue weighted by atomic mass is 32.2. The zero-order valence-electron chi connectivity index (χ0n) is 16.3. The van der Waals surface area contributed by atoms with Crippen LogP contribution in [0.25, 0.3) is 0 Å². The fourth-order valence-electron chi connectivity index (χ4n) is 3.21. The van der Waals surface area contributed by atoms with Gasteiger partial charge in [0, 0.05) is 5.69 Å². The predicted octanol–water partition coefficient (Wildman–Crippen LogP) is 2.93. The van der Waals surface area contributed by atoms with Crippen molar-refractivity contribution in [2.75, 3.05) is 10.0 Å². The molecule has 31 heavy (non-hydrogen) atoms. The molecule has 0 fully saturated rings. The molecule has 8 nitrogen and oxygen atoms in total. The van der Waals surface area contributed by atoms with Crippen molar-refractivity contribution >= 4 is 39.1 Å². The van der Waals surface area contributed by atoms with Crippen LogP contribution in [-0.4, -0.2) is 26.1 Å². The van der Waals surface area contributed by atoms with Crippen molar-refractivity contribution in [3.05, 3.63) is 89.0 Å².